The topological polar surface area (TPSA) is 0 Å². The molecule has 0 aromatic heterocycles. The Morgan fingerprint density at radius 1 is 0.643 bits per heavy atom. The van der Waals surface area contributed by atoms with Crippen LogP contribution >= 0.6 is 0 Å². The van der Waals surface area contributed by atoms with Crippen molar-refractivity contribution in [2.45, 2.75) is 77.6 Å². The average Bonchev–Trinajstić information content (AvgIpc) is 2.74. The van der Waals surface area contributed by atoms with E-state index in [2.05, 4.69) is 73.9 Å². The smallest absolute Gasteiger partial charge is 0.0249 e. The predicted molar refractivity (Wildman–Crippen MR) is 124 cm³/mol. The summed E-state index contributed by atoms with van der Waals surface area (Å²) in [7, 11) is 0. The van der Waals surface area contributed by atoms with Crippen molar-refractivity contribution >= 4 is 0 Å². The molecule has 0 atom stereocenters. The van der Waals surface area contributed by atoms with E-state index in [9.17, 15) is 0 Å². The molecule has 0 saturated carbocycles. The van der Waals surface area contributed by atoms with E-state index in [1.165, 1.54) is 68.9 Å². The molecule has 0 aliphatic heterocycles. The first-order chi connectivity index (χ1) is 13.8. The number of rotatable bonds is 12. The molecule has 0 heteroatoms. The number of hydrogen-bond acceptors (Lipinski definition) is 0. The monoisotopic (exact) mass is 372 g/mol. The van der Waals surface area contributed by atoms with E-state index in [-0.39, 0.29) is 0 Å². The van der Waals surface area contributed by atoms with Crippen LogP contribution in [0.2, 0.25) is 0 Å². The normalized spacial score (nSPS) is 10.3. The maximum absolute atomic E-state index is 3.78. The molecule has 0 unspecified atom stereocenters. The van der Waals surface area contributed by atoms with Crippen molar-refractivity contribution in [3.63, 3.8) is 0 Å². The zero-order chi connectivity index (χ0) is 19.9. The maximum atomic E-state index is 3.78. The van der Waals surface area contributed by atoms with Crippen LogP contribution in [0.15, 0.2) is 61.2 Å². The minimum Gasteiger partial charge on any atom is -0.103 e. The summed E-state index contributed by atoms with van der Waals surface area (Å²) in [6.07, 6.45) is 16.0. The lowest BCUT2D eigenvalue weighted by atomic mass is 10.0. The molecule has 0 radical (unpaired) electrons. The largest absolute Gasteiger partial charge is 0.103 e. The summed E-state index contributed by atoms with van der Waals surface area (Å²) in [6, 6.07) is 17.5. The highest BCUT2D eigenvalue weighted by atomic mass is 14.0. The molecule has 0 fully saturated rings. The van der Waals surface area contributed by atoms with Crippen LogP contribution in [0.3, 0.4) is 0 Å². The Bertz CT molecular complexity index is 722. The highest BCUT2D eigenvalue weighted by Gasteiger charge is 1.96. The Balaban J connectivity index is 1.77. The van der Waals surface area contributed by atoms with Gasteiger partial charge in [-0.15, -0.1) is 6.58 Å². The lowest BCUT2D eigenvalue weighted by molar-refractivity contribution is 0.632. The molecule has 0 heterocycles. The van der Waals surface area contributed by atoms with Crippen molar-refractivity contribution in [3.05, 3.63) is 83.4 Å². The second-order valence-electron chi connectivity index (χ2n) is 7.70. The van der Waals surface area contributed by atoms with E-state index in [1.54, 1.807) is 0 Å². The SMILES string of the molecule is C=CCCCCCc1ccc(C#Cc2ccc(CCCCCCC)cc2)cc1. The molecule has 148 valence electrons. The molecule has 28 heavy (non-hydrogen) atoms. The van der Waals surface area contributed by atoms with E-state index in [1.807, 2.05) is 6.08 Å². The van der Waals surface area contributed by atoms with Gasteiger partial charge >= 0.3 is 0 Å². The molecule has 0 aliphatic rings. The Morgan fingerprint density at radius 2 is 1.11 bits per heavy atom. The van der Waals surface area contributed by atoms with Crippen LogP contribution in [-0.4, -0.2) is 0 Å². The summed E-state index contributed by atoms with van der Waals surface area (Å²) in [4.78, 5) is 0. The van der Waals surface area contributed by atoms with Crippen molar-refractivity contribution < 1.29 is 0 Å². The third kappa shape index (κ3) is 9.09. The molecule has 0 amide bonds. The zero-order valence-electron chi connectivity index (χ0n) is 17.7. The molecule has 0 bridgehead atoms. The molecule has 0 aliphatic carbocycles. The second kappa shape index (κ2) is 13.8. The van der Waals surface area contributed by atoms with Gasteiger partial charge in [0.2, 0.25) is 0 Å². The average molecular weight is 373 g/mol. The Labute approximate surface area is 173 Å². The second-order valence-corrected chi connectivity index (χ2v) is 7.70. The van der Waals surface area contributed by atoms with Crippen molar-refractivity contribution in [2.75, 3.05) is 0 Å². The summed E-state index contributed by atoms with van der Waals surface area (Å²) in [6.45, 7) is 6.04. The highest BCUT2D eigenvalue weighted by molar-refractivity contribution is 5.44. The predicted octanol–water partition coefficient (Wildman–Crippen LogP) is 7.89. The molecule has 0 spiro atoms. The summed E-state index contributed by atoms with van der Waals surface area (Å²) in [5.41, 5.74) is 5.03. The van der Waals surface area contributed by atoms with Crippen LogP contribution in [0.1, 0.15) is 87.0 Å². The van der Waals surface area contributed by atoms with Gasteiger partial charge in [-0.2, -0.15) is 0 Å². The first-order valence-corrected chi connectivity index (χ1v) is 11.1. The van der Waals surface area contributed by atoms with Crippen molar-refractivity contribution in [1.29, 1.82) is 0 Å². The minimum atomic E-state index is 1.09. The number of hydrogen-bond donors (Lipinski definition) is 0. The first kappa shape index (κ1) is 22.0. The Kier molecular flexibility index (Phi) is 10.9. The summed E-state index contributed by atoms with van der Waals surface area (Å²) in [5.74, 6) is 6.60. The fraction of sp³-hybridized carbons (Fsp3) is 0.429. The van der Waals surface area contributed by atoms with Gasteiger partial charge in [0, 0.05) is 11.1 Å². The van der Waals surface area contributed by atoms with E-state index < -0.39 is 0 Å². The fourth-order valence-corrected chi connectivity index (χ4v) is 3.38. The molecule has 0 nitrogen and oxygen atoms in total. The number of unbranched alkanes of at least 4 members (excludes halogenated alkanes) is 7. The standard InChI is InChI=1S/C28H36/c1-3-5-7-9-11-13-25-15-19-27(20-16-25)23-24-28-21-17-26(18-22-28)14-12-10-8-6-4-2/h3,15-22H,1,4-14H2,2H3. The minimum absolute atomic E-state index is 1.09. The van der Waals surface area contributed by atoms with Gasteiger partial charge in [0.05, 0.1) is 0 Å². The lowest BCUT2D eigenvalue weighted by Crippen LogP contribution is -1.87. The fourth-order valence-electron chi connectivity index (χ4n) is 3.38. The third-order valence-corrected chi connectivity index (χ3v) is 5.20. The van der Waals surface area contributed by atoms with E-state index in [0.29, 0.717) is 0 Å². The summed E-state index contributed by atoms with van der Waals surface area (Å²) < 4.78 is 0. The van der Waals surface area contributed by atoms with Gasteiger partial charge in [-0.3, -0.25) is 0 Å². The van der Waals surface area contributed by atoms with Gasteiger partial charge in [0.15, 0.2) is 0 Å². The molecular formula is C28H36. The summed E-state index contributed by atoms with van der Waals surface area (Å²) in [5, 5.41) is 0. The van der Waals surface area contributed by atoms with Gasteiger partial charge < -0.3 is 0 Å². The van der Waals surface area contributed by atoms with Gasteiger partial charge in [-0.1, -0.05) is 81.2 Å². The summed E-state index contributed by atoms with van der Waals surface area (Å²) >= 11 is 0. The van der Waals surface area contributed by atoms with Crippen LogP contribution in [0, 0.1) is 11.8 Å². The molecule has 0 saturated heterocycles. The van der Waals surface area contributed by atoms with E-state index >= 15 is 0 Å². The van der Waals surface area contributed by atoms with Crippen molar-refractivity contribution in [3.8, 4) is 11.8 Å². The van der Waals surface area contributed by atoms with Crippen LogP contribution in [-0.2, 0) is 12.8 Å². The molecular weight excluding hydrogens is 336 g/mol. The third-order valence-electron chi connectivity index (χ3n) is 5.20. The van der Waals surface area contributed by atoms with Crippen LogP contribution < -0.4 is 0 Å². The molecule has 2 aromatic carbocycles. The molecule has 0 N–H and O–H groups in total. The first-order valence-electron chi connectivity index (χ1n) is 11.1. The lowest BCUT2D eigenvalue weighted by Gasteiger charge is -2.02. The number of aryl methyl sites for hydroxylation is 2. The van der Waals surface area contributed by atoms with Gasteiger partial charge in [0.25, 0.3) is 0 Å². The van der Waals surface area contributed by atoms with Crippen LogP contribution in [0.25, 0.3) is 0 Å². The number of allylic oxidation sites excluding steroid dienone is 1. The van der Waals surface area contributed by atoms with Crippen LogP contribution in [0.4, 0.5) is 0 Å². The zero-order valence-corrected chi connectivity index (χ0v) is 17.7. The number of benzene rings is 2. The Morgan fingerprint density at radius 3 is 1.57 bits per heavy atom. The Hall–Kier alpha value is -2.26. The van der Waals surface area contributed by atoms with E-state index in [4.69, 9.17) is 0 Å². The van der Waals surface area contributed by atoms with E-state index in [0.717, 1.165) is 24.0 Å². The van der Waals surface area contributed by atoms with Gasteiger partial charge in [0.1, 0.15) is 0 Å². The van der Waals surface area contributed by atoms with Gasteiger partial charge in [-0.05, 0) is 73.9 Å². The van der Waals surface area contributed by atoms with Gasteiger partial charge in [-0.25, -0.2) is 0 Å². The van der Waals surface area contributed by atoms with Crippen molar-refractivity contribution in [2.24, 2.45) is 0 Å². The quantitative estimate of drug-likeness (QED) is 0.202. The molecule has 2 rings (SSSR count). The van der Waals surface area contributed by atoms with Crippen LogP contribution in [0.5, 0.6) is 0 Å². The maximum Gasteiger partial charge on any atom is 0.0249 e. The molecule has 2 aromatic rings. The van der Waals surface area contributed by atoms with Crippen molar-refractivity contribution in [1.82, 2.24) is 0 Å². The highest BCUT2D eigenvalue weighted by Crippen LogP contribution is 2.12.